The van der Waals surface area contributed by atoms with Gasteiger partial charge in [0.25, 0.3) is 0 Å². The van der Waals surface area contributed by atoms with E-state index in [1.54, 1.807) is 31.2 Å². The maximum absolute atomic E-state index is 11.8. The number of carbonyl (C=O) groups excluding carboxylic acids is 1. The summed E-state index contributed by atoms with van der Waals surface area (Å²) in [4.78, 5) is 11.8. The molecule has 0 bridgehead atoms. The third-order valence-electron chi connectivity index (χ3n) is 2.83. The van der Waals surface area contributed by atoms with Crippen LogP contribution in [0.4, 0.5) is 0 Å². The molecule has 1 aromatic rings. The number of hydrogen-bond donors (Lipinski definition) is 0. The van der Waals surface area contributed by atoms with E-state index in [-0.39, 0.29) is 5.97 Å². The smallest absolute Gasteiger partial charge is 0.314 e. The molecule has 3 nitrogen and oxygen atoms in total. The normalized spacial score (nSPS) is 12.9. The van der Waals surface area contributed by atoms with Gasteiger partial charge in [-0.05, 0) is 44.5 Å². The maximum atomic E-state index is 11.8. The molecule has 1 rings (SSSR count). The van der Waals surface area contributed by atoms with Crippen LogP contribution >= 0.6 is 11.6 Å². The molecule has 0 spiro atoms. The van der Waals surface area contributed by atoms with Crippen LogP contribution in [0.1, 0.15) is 34.1 Å². The zero-order valence-electron chi connectivity index (χ0n) is 11.2. The van der Waals surface area contributed by atoms with Crippen molar-refractivity contribution < 1.29 is 14.3 Å². The van der Waals surface area contributed by atoms with Crippen LogP contribution < -0.4 is 4.74 Å². The van der Waals surface area contributed by atoms with E-state index < -0.39 is 11.7 Å². The molecule has 1 aromatic carbocycles. The second-order valence-electron chi connectivity index (χ2n) is 4.78. The van der Waals surface area contributed by atoms with Crippen LogP contribution in [0.2, 0.25) is 5.02 Å². The fourth-order valence-electron chi connectivity index (χ4n) is 1.18. The summed E-state index contributed by atoms with van der Waals surface area (Å²) >= 11 is 5.77. The third-order valence-corrected chi connectivity index (χ3v) is 3.08. The lowest BCUT2D eigenvalue weighted by Crippen LogP contribution is -2.31. The van der Waals surface area contributed by atoms with Crippen molar-refractivity contribution in [3.8, 4) is 5.75 Å². The summed E-state index contributed by atoms with van der Waals surface area (Å²) in [6.45, 7) is 7.35. The van der Waals surface area contributed by atoms with Gasteiger partial charge in [0.15, 0.2) is 0 Å². The second kappa shape index (κ2) is 6.10. The Morgan fingerprint density at radius 3 is 2.39 bits per heavy atom. The Morgan fingerprint density at radius 2 is 1.89 bits per heavy atom. The molecule has 0 fully saturated rings. The molecule has 1 unspecified atom stereocenters. The van der Waals surface area contributed by atoms with E-state index in [9.17, 15) is 4.79 Å². The lowest BCUT2D eigenvalue weighted by Gasteiger charge is -2.23. The molecule has 0 saturated heterocycles. The number of hydrogen-bond acceptors (Lipinski definition) is 3. The largest absolute Gasteiger partial charge is 0.455 e. The molecule has 0 saturated carbocycles. The minimum atomic E-state index is -0.621. The zero-order chi connectivity index (χ0) is 13.8. The Morgan fingerprint density at radius 1 is 1.33 bits per heavy atom. The topological polar surface area (TPSA) is 35.5 Å². The molecular formula is C14H19ClO3. The average Bonchev–Trinajstić information content (AvgIpc) is 2.32. The molecule has 100 valence electrons. The minimum Gasteiger partial charge on any atom is -0.455 e. The van der Waals surface area contributed by atoms with Crippen LogP contribution in [0, 0.1) is 5.41 Å². The van der Waals surface area contributed by atoms with Crippen LogP contribution in [0.5, 0.6) is 5.75 Å². The standard InChI is InChI=1S/C14H19ClO3/c1-5-14(3,4)13(16)18-10(2)17-12-8-6-11(15)7-9-12/h6-10H,5H2,1-4H3. The second-order valence-corrected chi connectivity index (χ2v) is 5.22. The van der Waals surface area contributed by atoms with Crippen molar-refractivity contribution in [1.29, 1.82) is 0 Å². The van der Waals surface area contributed by atoms with E-state index in [1.807, 2.05) is 20.8 Å². The van der Waals surface area contributed by atoms with Crippen LogP contribution in [-0.2, 0) is 9.53 Å². The summed E-state index contributed by atoms with van der Waals surface area (Å²) in [5, 5.41) is 0.638. The summed E-state index contributed by atoms with van der Waals surface area (Å²) in [7, 11) is 0. The van der Waals surface area contributed by atoms with Gasteiger partial charge in [0.2, 0.25) is 6.29 Å². The number of carbonyl (C=O) groups is 1. The fourth-order valence-corrected chi connectivity index (χ4v) is 1.31. The molecule has 0 aliphatic carbocycles. The first kappa shape index (κ1) is 14.8. The molecule has 0 amide bonds. The van der Waals surface area contributed by atoms with Crippen molar-refractivity contribution in [1.82, 2.24) is 0 Å². The monoisotopic (exact) mass is 270 g/mol. The highest BCUT2D eigenvalue weighted by atomic mass is 35.5. The summed E-state index contributed by atoms with van der Waals surface area (Å²) < 4.78 is 10.7. The number of benzene rings is 1. The average molecular weight is 271 g/mol. The Hall–Kier alpha value is -1.22. The summed E-state index contributed by atoms with van der Waals surface area (Å²) in [6, 6.07) is 6.91. The highest BCUT2D eigenvalue weighted by Gasteiger charge is 2.28. The quantitative estimate of drug-likeness (QED) is 0.598. The first-order chi connectivity index (χ1) is 8.35. The van der Waals surface area contributed by atoms with Gasteiger partial charge in [-0.2, -0.15) is 0 Å². The van der Waals surface area contributed by atoms with Crippen LogP contribution in [0.15, 0.2) is 24.3 Å². The first-order valence-electron chi connectivity index (χ1n) is 5.98. The van der Waals surface area contributed by atoms with Crippen LogP contribution in [0.25, 0.3) is 0 Å². The molecule has 18 heavy (non-hydrogen) atoms. The lowest BCUT2D eigenvalue weighted by molar-refractivity contribution is -0.172. The van der Waals surface area contributed by atoms with E-state index >= 15 is 0 Å². The van der Waals surface area contributed by atoms with Crippen molar-refractivity contribution >= 4 is 17.6 Å². The number of rotatable bonds is 5. The van der Waals surface area contributed by atoms with E-state index in [1.165, 1.54) is 0 Å². The molecule has 1 atom stereocenters. The fraction of sp³-hybridized carbons (Fsp3) is 0.500. The lowest BCUT2D eigenvalue weighted by atomic mass is 9.91. The molecule has 0 aliphatic rings. The van der Waals surface area contributed by atoms with Gasteiger partial charge in [-0.15, -0.1) is 0 Å². The van der Waals surface area contributed by atoms with Gasteiger partial charge >= 0.3 is 5.97 Å². The van der Waals surface area contributed by atoms with E-state index in [2.05, 4.69) is 0 Å². The Kier molecular flexibility index (Phi) is 5.03. The van der Waals surface area contributed by atoms with E-state index in [4.69, 9.17) is 21.1 Å². The van der Waals surface area contributed by atoms with Gasteiger partial charge < -0.3 is 9.47 Å². The molecule has 0 N–H and O–H groups in total. The number of halogens is 1. The van der Waals surface area contributed by atoms with Gasteiger partial charge in [-0.3, -0.25) is 4.79 Å². The van der Waals surface area contributed by atoms with Crippen LogP contribution in [0.3, 0.4) is 0 Å². The number of esters is 1. The van der Waals surface area contributed by atoms with Crippen molar-refractivity contribution in [3.05, 3.63) is 29.3 Å². The van der Waals surface area contributed by atoms with E-state index in [0.717, 1.165) is 6.42 Å². The predicted octanol–water partition coefficient (Wildman–Crippen LogP) is 4.04. The van der Waals surface area contributed by atoms with E-state index in [0.29, 0.717) is 10.8 Å². The minimum absolute atomic E-state index is 0.258. The molecular weight excluding hydrogens is 252 g/mol. The zero-order valence-corrected chi connectivity index (χ0v) is 12.0. The van der Waals surface area contributed by atoms with Gasteiger partial charge in [-0.25, -0.2) is 0 Å². The first-order valence-corrected chi connectivity index (χ1v) is 6.36. The molecule has 4 heteroatoms. The van der Waals surface area contributed by atoms with Crippen molar-refractivity contribution in [2.75, 3.05) is 0 Å². The van der Waals surface area contributed by atoms with Crippen molar-refractivity contribution in [2.45, 2.75) is 40.4 Å². The number of ether oxygens (including phenoxy) is 2. The molecule has 0 heterocycles. The van der Waals surface area contributed by atoms with Crippen molar-refractivity contribution in [3.63, 3.8) is 0 Å². The van der Waals surface area contributed by atoms with Gasteiger partial charge in [0, 0.05) is 11.9 Å². The van der Waals surface area contributed by atoms with Crippen LogP contribution in [-0.4, -0.2) is 12.3 Å². The summed E-state index contributed by atoms with van der Waals surface area (Å²) in [6.07, 6.45) is 0.101. The van der Waals surface area contributed by atoms with Gasteiger partial charge in [0.05, 0.1) is 5.41 Å². The highest BCUT2D eigenvalue weighted by molar-refractivity contribution is 6.30. The molecule has 0 aliphatic heterocycles. The molecule has 0 radical (unpaired) electrons. The highest BCUT2D eigenvalue weighted by Crippen LogP contribution is 2.23. The Balaban J connectivity index is 2.54. The SMILES string of the molecule is CCC(C)(C)C(=O)OC(C)Oc1ccc(Cl)cc1. The Labute approximate surface area is 113 Å². The molecule has 0 aromatic heterocycles. The van der Waals surface area contributed by atoms with Crippen molar-refractivity contribution in [2.24, 2.45) is 5.41 Å². The van der Waals surface area contributed by atoms with Gasteiger partial charge in [-0.1, -0.05) is 18.5 Å². The summed E-state index contributed by atoms with van der Waals surface area (Å²) in [5.41, 5.74) is -0.488. The Bertz CT molecular complexity index is 398. The summed E-state index contributed by atoms with van der Waals surface area (Å²) in [5.74, 6) is 0.362. The maximum Gasteiger partial charge on any atom is 0.314 e. The predicted molar refractivity (Wildman–Crippen MR) is 71.7 cm³/mol. The third kappa shape index (κ3) is 4.22. The van der Waals surface area contributed by atoms with Gasteiger partial charge in [0.1, 0.15) is 5.75 Å².